The summed E-state index contributed by atoms with van der Waals surface area (Å²) < 4.78 is 1.73. The highest BCUT2D eigenvalue weighted by molar-refractivity contribution is 7.17. The van der Waals surface area contributed by atoms with E-state index in [1.807, 2.05) is 43.3 Å². The van der Waals surface area contributed by atoms with Crippen LogP contribution in [0.25, 0.3) is 10.6 Å². The number of carbonyl (C=O) groups excluding carboxylic acids is 1. The molecule has 2 heterocycles. The second-order valence-electron chi connectivity index (χ2n) is 6.15. The summed E-state index contributed by atoms with van der Waals surface area (Å²) in [4.78, 5) is 20.1. The molecular formula is C19H23N5OS. The molecule has 7 heteroatoms. The number of carbonyl (C=O) groups is 1. The summed E-state index contributed by atoms with van der Waals surface area (Å²) in [5.41, 5.74) is 8.62. The number of aromatic nitrogens is 3. The van der Waals surface area contributed by atoms with Crippen molar-refractivity contribution >= 4 is 17.2 Å². The number of benzene rings is 1. The van der Waals surface area contributed by atoms with Crippen LogP contribution in [0.4, 0.5) is 0 Å². The molecule has 6 nitrogen and oxygen atoms in total. The van der Waals surface area contributed by atoms with Gasteiger partial charge in [0.05, 0.1) is 11.9 Å². The minimum absolute atomic E-state index is 0.00322. The van der Waals surface area contributed by atoms with E-state index in [9.17, 15) is 4.79 Å². The van der Waals surface area contributed by atoms with Crippen LogP contribution in [0, 0.1) is 6.92 Å². The van der Waals surface area contributed by atoms with Crippen LogP contribution in [-0.2, 0) is 13.5 Å². The Morgan fingerprint density at radius 3 is 2.69 bits per heavy atom. The number of hydrogen-bond acceptors (Lipinski definition) is 5. The van der Waals surface area contributed by atoms with Crippen LogP contribution < -0.4 is 5.73 Å². The second kappa shape index (κ2) is 8.25. The molecule has 0 aliphatic carbocycles. The average Bonchev–Trinajstić information content (AvgIpc) is 3.24. The summed E-state index contributed by atoms with van der Waals surface area (Å²) in [6, 6.07) is 10.2. The van der Waals surface area contributed by atoms with Gasteiger partial charge >= 0.3 is 0 Å². The molecule has 0 radical (unpaired) electrons. The molecule has 0 unspecified atom stereocenters. The molecule has 1 amide bonds. The van der Waals surface area contributed by atoms with E-state index in [0.717, 1.165) is 22.7 Å². The van der Waals surface area contributed by atoms with E-state index in [1.165, 1.54) is 16.9 Å². The van der Waals surface area contributed by atoms with E-state index in [-0.39, 0.29) is 5.91 Å². The topological polar surface area (TPSA) is 77.0 Å². The molecule has 0 atom stereocenters. The van der Waals surface area contributed by atoms with Crippen LogP contribution >= 0.6 is 11.3 Å². The molecule has 1 aromatic carbocycles. The molecule has 0 aliphatic heterocycles. The van der Waals surface area contributed by atoms with Gasteiger partial charge in [0.2, 0.25) is 0 Å². The van der Waals surface area contributed by atoms with E-state index < -0.39 is 0 Å². The quantitative estimate of drug-likeness (QED) is 0.694. The largest absolute Gasteiger partial charge is 0.336 e. The van der Waals surface area contributed by atoms with Gasteiger partial charge in [0, 0.05) is 38.4 Å². The number of hydrogen-bond donors (Lipinski definition) is 1. The molecule has 3 aromatic rings. The number of nitrogens with two attached hydrogens (primary N) is 1. The Bertz CT molecular complexity index is 871. The third-order valence-electron chi connectivity index (χ3n) is 4.14. The number of nitrogens with zero attached hydrogens (tertiary/aromatic N) is 4. The first kappa shape index (κ1) is 18.3. The molecule has 3 rings (SSSR count). The molecule has 0 spiro atoms. The highest BCUT2D eigenvalue weighted by Crippen LogP contribution is 2.28. The maximum atomic E-state index is 13.0. The Balaban J connectivity index is 1.77. The summed E-state index contributed by atoms with van der Waals surface area (Å²) in [6.07, 6.45) is 4.47. The fourth-order valence-corrected chi connectivity index (χ4v) is 3.78. The lowest BCUT2D eigenvalue weighted by molar-refractivity contribution is 0.0766. The van der Waals surface area contributed by atoms with E-state index in [2.05, 4.69) is 22.2 Å². The van der Waals surface area contributed by atoms with Crippen molar-refractivity contribution in [1.82, 2.24) is 19.7 Å². The minimum atomic E-state index is -0.00322. The summed E-state index contributed by atoms with van der Waals surface area (Å²) >= 11 is 1.41. The molecule has 0 saturated carbocycles. The van der Waals surface area contributed by atoms with Crippen molar-refractivity contribution in [3.05, 3.63) is 58.9 Å². The van der Waals surface area contributed by atoms with Crippen molar-refractivity contribution in [2.75, 3.05) is 19.6 Å². The van der Waals surface area contributed by atoms with Gasteiger partial charge in [-0.2, -0.15) is 5.10 Å². The zero-order valence-corrected chi connectivity index (χ0v) is 15.9. The van der Waals surface area contributed by atoms with Crippen LogP contribution in [0.5, 0.6) is 0 Å². The summed E-state index contributed by atoms with van der Waals surface area (Å²) in [5.74, 6) is -0.00322. The number of amides is 1. The van der Waals surface area contributed by atoms with Crippen molar-refractivity contribution in [3.8, 4) is 10.6 Å². The predicted octanol–water partition coefficient (Wildman–Crippen LogP) is 2.50. The first-order valence-electron chi connectivity index (χ1n) is 8.58. The van der Waals surface area contributed by atoms with Crippen molar-refractivity contribution < 1.29 is 4.79 Å². The Morgan fingerprint density at radius 2 is 2.04 bits per heavy atom. The fourth-order valence-electron chi connectivity index (χ4n) is 2.77. The van der Waals surface area contributed by atoms with Gasteiger partial charge in [0.1, 0.15) is 9.88 Å². The monoisotopic (exact) mass is 369 g/mol. The van der Waals surface area contributed by atoms with Gasteiger partial charge in [-0.05, 0) is 18.9 Å². The number of thiazole rings is 1. The zero-order valence-electron chi connectivity index (χ0n) is 15.1. The molecule has 0 aliphatic rings. The fraction of sp³-hybridized carbons (Fsp3) is 0.316. The Morgan fingerprint density at radius 1 is 1.27 bits per heavy atom. The van der Waals surface area contributed by atoms with Crippen LogP contribution in [0.3, 0.4) is 0 Å². The maximum absolute atomic E-state index is 13.0. The molecule has 2 aromatic heterocycles. The van der Waals surface area contributed by atoms with Crippen LogP contribution in [0.2, 0.25) is 0 Å². The van der Waals surface area contributed by atoms with E-state index in [1.54, 1.807) is 10.9 Å². The number of rotatable bonds is 7. The predicted molar refractivity (Wildman–Crippen MR) is 104 cm³/mol. The Hall–Kier alpha value is -2.51. The smallest absolute Gasteiger partial charge is 0.265 e. The molecule has 26 heavy (non-hydrogen) atoms. The maximum Gasteiger partial charge on any atom is 0.265 e. The third kappa shape index (κ3) is 4.17. The highest BCUT2D eigenvalue weighted by atomic mass is 32.1. The zero-order chi connectivity index (χ0) is 18.5. The standard InChI is InChI=1S/C19H23N5OS/c1-14-17(26-18(22-14)16-12-21-23(2)13-16)19(25)24(11-9-20)10-8-15-6-4-3-5-7-15/h3-7,12-13H,8-11,20H2,1-2H3. The molecule has 2 N–H and O–H groups in total. The van der Waals surface area contributed by atoms with E-state index >= 15 is 0 Å². The average molecular weight is 369 g/mol. The molecule has 0 saturated heterocycles. The second-order valence-corrected chi connectivity index (χ2v) is 7.15. The van der Waals surface area contributed by atoms with Crippen LogP contribution in [0.15, 0.2) is 42.7 Å². The number of aryl methyl sites for hydroxylation is 2. The summed E-state index contributed by atoms with van der Waals surface area (Å²) in [5, 5.41) is 4.99. The Kier molecular flexibility index (Phi) is 5.80. The summed E-state index contributed by atoms with van der Waals surface area (Å²) in [7, 11) is 1.86. The third-order valence-corrected chi connectivity index (χ3v) is 5.34. The van der Waals surface area contributed by atoms with Gasteiger partial charge in [-0.25, -0.2) is 4.98 Å². The van der Waals surface area contributed by atoms with Gasteiger partial charge in [0.25, 0.3) is 5.91 Å². The van der Waals surface area contributed by atoms with Gasteiger partial charge < -0.3 is 10.6 Å². The SMILES string of the molecule is Cc1nc(-c2cnn(C)c2)sc1C(=O)N(CCN)CCc1ccccc1. The molecule has 0 bridgehead atoms. The van der Waals surface area contributed by atoms with Crippen molar-refractivity contribution in [1.29, 1.82) is 0 Å². The van der Waals surface area contributed by atoms with Crippen molar-refractivity contribution in [2.24, 2.45) is 12.8 Å². The first-order chi connectivity index (χ1) is 12.6. The van der Waals surface area contributed by atoms with Crippen molar-refractivity contribution in [3.63, 3.8) is 0 Å². The molecule has 0 fully saturated rings. The van der Waals surface area contributed by atoms with Gasteiger partial charge in [-0.1, -0.05) is 30.3 Å². The normalized spacial score (nSPS) is 10.9. The van der Waals surface area contributed by atoms with Crippen LogP contribution in [0.1, 0.15) is 20.9 Å². The van der Waals surface area contributed by atoms with Crippen molar-refractivity contribution in [2.45, 2.75) is 13.3 Å². The lowest BCUT2D eigenvalue weighted by Gasteiger charge is -2.21. The minimum Gasteiger partial charge on any atom is -0.336 e. The lowest BCUT2D eigenvalue weighted by atomic mass is 10.1. The lowest BCUT2D eigenvalue weighted by Crippen LogP contribution is -2.36. The van der Waals surface area contributed by atoms with E-state index in [4.69, 9.17) is 5.73 Å². The highest BCUT2D eigenvalue weighted by Gasteiger charge is 2.22. The van der Waals surface area contributed by atoms with Gasteiger partial charge in [0.15, 0.2) is 0 Å². The molecule has 136 valence electrons. The molecular weight excluding hydrogens is 346 g/mol. The first-order valence-corrected chi connectivity index (χ1v) is 9.40. The van der Waals surface area contributed by atoms with Crippen LogP contribution in [-0.4, -0.2) is 45.2 Å². The van der Waals surface area contributed by atoms with E-state index in [0.29, 0.717) is 24.5 Å². The summed E-state index contributed by atoms with van der Waals surface area (Å²) in [6.45, 7) is 3.49. The van der Waals surface area contributed by atoms with Gasteiger partial charge in [-0.15, -0.1) is 11.3 Å². The Labute approximate surface area is 157 Å². The van der Waals surface area contributed by atoms with Gasteiger partial charge in [-0.3, -0.25) is 9.48 Å².